The Kier molecular flexibility index (Phi) is 4.97. The number of carboxylic acids is 1. The first kappa shape index (κ1) is 17.3. The Morgan fingerprint density at radius 2 is 1.91 bits per heavy atom. The molecule has 23 heavy (non-hydrogen) atoms. The summed E-state index contributed by atoms with van der Waals surface area (Å²) in [6.45, 7) is 2.15. The molecule has 1 fully saturated rings. The molecule has 7 heteroatoms. The van der Waals surface area contributed by atoms with Crippen molar-refractivity contribution in [1.29, 1.82) is 0 Å². The van der Waals surface area contributed by atoms with E-state index in [9.17, 15) is 22.8 Å². The van der Waals surface area contributed by atoms with Crippen LogP contribution in [-0.2, 0) is 15.8 Å². The Labute approximate surface area is 131 Å². The Morgan fingerprint density at radius 3 is 2.43 bits per heavy atom. The van der Waals surface area contributed by atoms with Gasteiger partial charge in [-0.1, -0.05) is 19.1 Å². The molecule has 0 radical (unpaired) electrons. The van der Waals surface area contributed by atoms with Crippen molar-refractivity contribution in [1.82, 2.24) is 4.90 Å². The van der Waals surface area contributed by atoms with Gasteiger partial charge in [0, 0.05) is 13.0 Å². The van der Waals surface area contributed by atoms with Gasteiger partial charge in [-0.05, 0) is 36.5 Å². The van der Waals surface area contributed by atoms with Gasteiger partial charge < -0.3 is 10.0 Å². The highest BCUT2D eigenvalue weighted by Gasteiger charge is 2.34. The summed E-state index contributed by atoms with van der Waals surface area (Å²) in [5.41, 5.74) is -0.109. The van der Waals surface area contributed by atoms with Gasteiger partial charge in [0.2, 0.25) is 5.91 Å². The van der Waals surface area contributed by atoms with Gasteiger partial charge in [-0.3, -0.25) is 4.79 Å². The largest absolute Gasteiger partial charge is 0.480 e. The second kappa shape index (κ2) is 6.60. The van der Waals surface area contributed by atoms with Crippen LogP contribution in [0.3, 0.4) is 0 Å². The van der Waals surface area contributed by atoms with Crippen LogP contribution < -0.4 is 0 Å². The Balaban J connectivity index is 2.02. The number of amides is 1. The Morgan fingerprint density at radius 1 is 1.30 bits per heavy atom. The third-order valence-corrected chi connectivity index (χ3v) is 4.15. The van der Waals surface area contributed by atoms with Crippen molar-refractivity contribution >= 4 is 11.9 Å². The van der Waals surface area contributed by atoms with Crippen LogP contribution in [-0.4, -0.2) is 34.5 Å². The zero-order valence-corrected chi connectivity index (χ0v) is 12.6. The quantitative estimate of drug-likeness (QED) is 0.922. The first-order valence-electron chi connectivity index (χ1n) is 7.39. The van der Waals surface area contributed by atoms with Crippen molar-refractivity contribution < 1.29 is 27.9 Å². The SMILES string of the molecule is CC(CC(=O)N1CCC[C@H]1C(=O)O)c1ccc(C(F)(F)F)cc1. The number of nitrogens with zero attached hydrogens (tertiary/aromatic N) is 1. The number of aliphatic carboxylic acids is 1. The summed E-state index contributed by atoms with van der Waals surface area (Å²) in [5.74, 6) is -1.57. The molecule has 126 valence electrons. The first-order valence-corrected chi connectivity index (χ1v) is 7.39. The van der Waals surface area contributed by atoms with Gasteiger partial charge in [-0.2, -0.15) is 13.2 Å². The van der Waals surface area contributed by atoms with E-state index in [1.807, 2.05) is 0 Å². The molecule has 1 heterocycles. The minimum Gasteiger partial charge on any atom is -0.480 e. The van der Waals surface area contributed by atoms with Crippen LogP contribution in [0.2, 0.25) is 0 Å². The third kappa shape index (κ3) is 4.03. The molecule has 0 saturated carbocycles. The van der Waals surface area contributed by atoms with Crippen molar-refractivity contribution in [2.45, 2.75) is 44.3 Å². The minimum absolute atomic E-state index is 0.0785. The van der Waals surface area contributed by atoms with Gasteiger partial charge in [-0.25, -0.2) is 4.79 Å². The van der Waals surface area contributed by atoms with Crippen molar-refractivity contribution in [3.8, 4) is 0 Å². The fourth-order valence-corrected chi connectivity index (χ4v) is 2.82. The molecule has 1 unspecified atom stereocenters. The van der Waals surface area contributed by atoms with E-state index in [4.69, 9.17) is 5.11 Å². The van der Waals surface area contributed by atoms with Crippen LogP contribution >= 0.6 is 0 Å². The molecule has 0 aliphatic carbocycles. The van der Waals surface area contributed by atoms with Crippen molar-refractivity contribution in [3.63, 3.8) is 0 Å². The fourth-order valence-electron chi connectivity index (χ4n) is 2.82. The van der Waals surface area contributed by atoms with Crippen LogP contribution in [0.1, 0.15) is 43.2 Å². The standard InChI is InChI=1S/C16H18F3NO3/c1-10(11-4-6-12(7-5-11)16(17,18)19)9-14(21)20-8-2-3-13(20)15(22)23/h4-7,10,13H,2-3,8-9H2,1H3,(H,22,23)/t10?,13-/m0/s1. The zero-order valence-electron chi connectivity index (χ0n) is 12.6. The third-order valence-electron chi connectivity index (χ3n) is 4.15. The number of hydrogen-bond acceptors (Lipinski definition) is 2. The number of carbonyl (C=O) groups is 2. The highest BCUT2D eigenvalue weighted by Crippen LogP contribution is 2.31. The van der Waals surface area contributed by atoms with Crippen LogP contribution in [0, 0.1) is 0 Å². The molecular formula is C16H18F3NO3. The van der Waals surface area contributed by atoms with Crippen LogP contribution in [0.5, 0.6) is 0 Å². The number of rotatable bonds is 4. The Hall–Kier alpha value is -2.05. The van der Waals surface area contributed by atoms with Crippen molar-refractivity contribution in [2.75, 3.05) is 6.54 Å². The van der Waals surface area contributed by atoms with Crippen LogP contribution in [0.25, 0.3) is 0 Å². The number of carbonyl (C=O) groups excluding carboxylic acids is 1. The summed E-state index contributed by atoms with van der Waals surface area (Å²) in [6.07, 6.45) is -3.22. The normalized spacial score (nSPS) is 19.7. The molecule has 1 aromatic rings. The van der Waals surface area contributed by atoms with Gasteiger partial charge in [0.1, 0.15) is 6.04 Å². The van der Waals surface area contributed by atoms with E-state index in [-0.39, 0.29) is 18.2 Å². The summed E-state index contributed by atoms with van der Waals surface area (Å²) in [7, 11) is 0. The highest BCUT2D eigenvalue weighted by atomic mass is 19.4. The van der Waals surface area contributed by atoms with Gasteiger partial charge in [-0.15, -0.1) is 0 Å². The minimum atomic E-state index is -4.39. The monoisotopic (exact) mass is 329 g/mol. The molecule has 1 N–H and O–H groups in total. The maximum atomic E-state index is 12.5. The number of hydrogen-bond donors (Lipinski definition) is 1. The molecular weight excluding hydrogens is 311 g/mol. The van der Waals surface area contributed by atoms with Gasteiger partial charge >= 0.3 is 12.1 Å². The first-order chi connectivity index (χ1) is 10.7. The lowest BCUT2D eigenvalue weighted by Gasteiger charge is -2.23. The molecule has 1 amide bonds. The van der Waals surface area contributed by atoms with E-state index in [1.165, 1.54) is 17.0 Å². The topological polar surface area (TPSA) is 57.6 Å². The number of likely N-dealkylation sites (tertiary alicyclic amines) is 1. The van der Waals surface area contributed by atoms with E-state index in [2.05, 4.69) is 0 Å². The lowest BCUT2D eigenvalue weighted by molar-refractivity contribution is -0.148. The second-order valence-electron chi connectivity index (χ2n) is 5.81. The van der Waals surface area contributed by atoms with Crippen LogP contribution in [0.15, 0.2) is 24.3 Å². The molecule has 2 atom stereocenters. The molecule has 4 nitrogen and oxygen atoms in total. The van der Waals surface area contributed by atoms with Gasteiger partial charge in [0.15, 0.2) is 0 Å². The fraction of sp³-hybridized carbons (Fsp3) is 0.500. The molecule has 0 spiro atoms. The molecule has 0 bridgehead atoms. The number of benzene rings is 1. The Bertz CT molecular complexity index is 583. The number of halogens is 3. The maximum Gasteiger partial charge on any atom is 0.416 e. The lowest BCUT2D eigenvalue weighted by atomic mass is 9.96. The maximum absolute atomic E-state index is 12.5. The predicted molar refractivity (Wildman–Crippen MR) is 76.8 cm³/mol. The molecule has 1 aliphatic rings. The summed E-state index contributed by atoms with van der Waals surface area (Å²) in [5, 5.41) is 9.09. The summed E-state index contributed by atoms with van der Waals surface area (Å²) >= 11 is 0. The molecule has 0 aromatic heterocycles. The summed E-state index contributed by atoms with van der Waals surface area (Å²) in [4.78, 5) is 24.7. The second-order valence-corrected chi connectivity index (χ2v) is 5.81. The predicted octanol–water partition coefficient (Wildman–Crippen LogP) is 3.27. The van der Waals surface area contributed by atoms with E-state index in [0.717, 1.165) is 12.1 Å². The lowest BCUT2D eigenvalue weighted by Crippen LogP contribution is -2.40. The van der Waals surface area contributed by atoms with Crippen molar-refractivity contribution in [3.05, 3.63) is 35.4 Å². The zero-order chi connectivity index (χ0) is 17.2. The summed E-state index contributed by atoms with van der Waals surface area (Å²) < 4.78 is 37.6. The van der Waals surface area contributed by atoms with E-state index >= 15 is 0 Å². The highest BCUT2D eigenvalue weighted by molar-refractivity contribution is 5.84. The number of alkyl halides is 3. The average Bonchev–Trinajstić information content (AvgIpc) is 2.96. The average molecular weight is 329 g/mol. The van der Waals surface area contributed by atoms with Gasteiger partial charge in [0.05, 0.1) is 5.56 Å². The molecule has 1 saturated heterocycles. The van der Waals surface area contributed by atoms with Crippen LogP contribution in [0.4, 0.5) is 13.2 Å². The van der Waals surface area contributed by atoms with E-state index < -0.39 is 23.8 Å². The van der Waals surface area contributed by atoms with Gasteiger partial charge in [0.25, 0.3) is 0 Å². The van der Waals surface area contributed by atoms with E-state index in [1.54, 1.807) is 6.92 Å². The number of carboxylic acid groups (broad SMARTS) is 1. The summed E-state index contributed by atoms with van der Waals surface area (Å²) in [6, 6.07) is 3.92. The van der Waals surface area contributed by atoms with Crippen molar-refractivity contribution in [2.24, 2.45) is 0 Å². The smallest absolute Gasteiger partial charge is 0.416 e. The molecule has 1 aromatic carbocycles. The molecule has 2 rings (SSSR count). The molecule has 1 aliphatic heterocycles. The van der Waals surface area contributed by atoms with E-state index in [0.29, 0.717) is 24.9 Å².